The average molecular weight is 403 g/mol. The standard InChI is InChI=1S/C21H24O3Se/c1-14-7-6-8-15-11-21(18(22)20(14,15)2)16(12-24-19(21)23)13-25-17-9-4-3-5-10-17/h3-7,9-10,14-16H,8,11-13H2,1-2H3/t14-,15+,16?,20+,21+/m0/s1. The van der Waals surface area contributed by atoms with Gasteiger partial charge in [-0.3, -0.25) is 0 Å². The number of benzene rings is 1. The monoisotopic (exact) mass is 404 g/mol. The number of hydrogen-bond acceptors (Lipinski definition) is 3. The van der Waals surface area contributed by atoms with Crippen LogP contribution in [0, 0.1) is 28.6 Å². The molecule has 3 aliphatic rings. The second-order valence-corrected chi connectivity index (χ2v) is 10.2. The maximum atomic E-state index is 13.6. The first kappa shape index (κ1) is 17.1. The zero-order valence-electron chi connectivity index (χ0n) is 14.7. The first-order valence-electron chi connectivity index (χ1n) is 9.06. The van der Waals surface area contributed by atoms with Crippen LogP contribution in [0.1, 0.15) is 26.7 Å². The molecule has 0 radical (unpaired) electrons. The van der Waals surface area contributed by atoms with Crippen molar-refractivity contribution in [1.29, 1.82) is 0 Å². The Balaban J connectivity index is 1.62. The summed E-state index contributed by atoms with van der Waals surface area (Å²) in [6, 6.07) is 10.4. The van der Waals surface area contributed by atoms with Gasteiger partial charge in [0, 0.05) is 0 Å². The Labute approximate surface area is 155 Å². The topological polar surface area (TPSA) is 43.4 Å². The molecule has 4 heteroatoms. The first-order chi connectivity index (χ1) is 12.0. The van der Waals surface area contributed by atoms with Crippen molar-refractivity contribution in [3.05, 3.63) is 42.5 Å². The fourth-order valence-electron chi connectivity index (χ4n) is 4.96. The van der Waals surface area contributed by atoms with Gasteiger partial charge in [-0.1, -0.05) is 0 Å². The molecule has 1 heterocycles. The van der Waals surface area contributed by atoms with Crippen molar-refractivity contribution in [2.75, 3.05) is 6.61 Å². The van der Waals surface area contributed by atoms with Gasteiger partial charge in [0.2, 0.25) is 0 Å². The number of hydrogen-bond donors (Lipinski definition) is 0. The minimum absolute atomic E-state index is 0.0299. The van der Waals surface area contributed by atoms with Gasteiger partial charge in [0.1, 0.15) is 0 Å². The Hall–Kier alpha value is -1.38. The van der Waals surface area contributed by atoms with E-state index < -0.39 is 10.8 Å². The van der Waals surface area contributed by atoms with Gasteiger partial charge in [0.05, 0.1) is 0 Å². The molecule has 1 saturated carbocycles. The van der Waals surface area contributed by atoms with E-state index in [-0.39, 0.29) is 44.5 Å². The molecule has 1 saturated heterocycles. The molecule has 2 aliphatic carbocycles. The number of Topliss-reactive ketones (excluding diaryl/α,β-unsaturated/α-hetero) is 1. The van der Waals surface area contributed by atoms with Crippen LogP contribution >= 0.6 is 0 Å². The van der Waals surface area contributed by atoms with Crippen LogP contribution in [0.4, 0.5) is 0 Å². The molecule has 5 atom stereocenters. The van der Waals surface area contributed by atoms with Crippen molar-refractivity contribution in [3.63, 3.8) is 0 Å². The second-order valence-electron chi connectivity index (χ2n) is 7.86. The Bertz CT molecular complexity index is 728. The number of carbonyl (C=O) groups excluding carboxylic acids is 2. The first-order valence-corrected chi connectivity index (χ1v) is 11.1. The normalized spacial score (nSPS) is 39.7. The van der Waals surface area contributed by atoms with Gasteiger partial charge >= 0.3 is 155 Å². The van der Waals surface area contributed by atoms with Crippen molar-refractivity contribution in [2.45, 2.75) is 32.0 Å². The van der Waals surface area contributed by atoms with E-state index in [0.717, 1.165) is 11.7 Å². The molecule has 4 rings (SSSR count). The van der Waals surface area contributed by atoms with E-state index >= 15 is 0 Å². The van der Waals surface area contributed by atoms with Crippen LogP contribution in [0.15, 0.2) is 42.5 Å². The quantitative estimate of drug-likeness (QED) is 0.337. The summed E-state index contributed by atoms with van der Waals surface area (Å²) in [6.45, 7) is 4.60. The summed E-state index contributed by atoms with van der Waals surface area (Å²) in [5.74, 6) is 0.374. The molecule has 25 heavy (non-hydrogen) atoms. The molecule has 0 bridgehead atoms. The molecule has 1 aliphatic heterocycles. The predicted octanol–water partition coefficient (Wildman–Crippen LogP) is 2.79. The van der Waals surface area contributed by atoms with Crippen LogP contribution in [0.5, 0.6) is 0 Å². The maximum absolute atomic E-state index is 13.6. The molecule has 3 nitrogen and oxygen atoms in total. The zero-order valence-corrected chi connectivity index (χ0v) is 16.4. The van der Waals surface area contributed by atoms with E-state index in [1.807, 2.05) is 18.2 Å². The third-order valence-electron chi connectivity index (χ3n) is 6.77. The van der Waals surface area contributed by atoms with Crippen molar-refractivity contribution in [3.8, 4) is 0 Å². The Kier molecular flexibility index (Phi) is 4.16. The summed E-state index contributed by atoms with van der Waals surface area (Å²) >= 11 is 0.256. The van der Waals surface area contributed by atoms with Gasteiger partial charge in [-0.15, -0.1) is 0 Å². The number of allylic oxidation sites excluding steroid dienone is 2. The van der Waals surface area contributed by atoms with Crippen molar-refractivity contribution in [1.82, 2.24) is 0 Å². The average Bonchev–Trinajstić information content (AvgIpc) is 3.06. The molecule has 0 aromatic heterocycles. The van der Waals surface area contributed by atoms with Crippen molar-refractivity contribution in [2.24, 2.45) is 28.6 Å². The number of rotatable bonds is 3. The van der Waals surface area contributed by atoms with Crippen molar-refractivity contribution < 1.29 is 14.3 Å². The number of carbonyl (C=O) groups is 2. The molecule has 1 spiro atoms. The van der Waals surface area contributed by atoms with E-state index in [9.17, 15) is 9.59 Å². The van der Waals surface area contributed by atoms with E-state index in [1.165, 1.54) is 4.46 Å². The van der Waals surface area contributed by atoms with Gasteiger partial charge < -0.3 is 0 Å². The predicted molar refractivity (Wildman–Crippen MR) is 97.7 cm³/mol. The summed E-state index contributed by atoms with van der Waals surface area (Å²) < 4.78 is 6.79. The van der Waals surface area contributed by atoms with E-state index in [4.69, 9.17) is 4.74 Å². The number of ether oxygens (including phenoxy) is 1. The Morgan fingerprint density at radius 2 is 2.00 bits per heavy atom. The van der Waals surface area contributed by atoms with Gasteiger partial charge in [0.15, 0.2) is 0 Å². The van der Waals surface area contributed by atoms with Crippen LogP contribution < -0.4 is 4.46 Å². The third-order valence-corrected chi connectivity index (χ3v) is 9.24. The minimum atomic E-state index is -0.893. The fourth-order valence-corrected chi connectivity index (χ4v) is 7.32. The summed E-state index contributed by atoms with van der Waals surface area (Å²) in [6.07, 6.45) is 5.91. The van der Waals surface area contributed by atoms with E-state index in [2.05, 4.69) is 38.1 Å². The van der Waals surface area contributed by atoms with Crippen LogP contribution in [-0.2, 0) is 14.3 Å². The number of ketones is 1. The molecular weight excluding hydrogens is 379 g/mol. The van der Waals surface area contributed by atoms with Gasteiger partial charge in [-0.05, 0) is 0 Å². The van der Waals surface area contributed by atoms with E-state index in [1.54, 1.807) is 0 Å². The number of fused-ring (bicyclic) bond motifs is 1. The van der Waals surface area contributed by atoms with Crippen LogP contribution in [0.25, 0.3) is 0 Å². The molecule has 132 valence electrons. The van der Waals surface area contributed by atoms with Crippen LogP contribution in [0.2, 0.25) is 5.32 Å². The zero-order chi connectivity index (χ0) is 17.7. The summed E-state index contributed by atoms with van der Waals surface area (Å²) in [7, 11) is 0. The van der Waals surface area contributed by atoms with Crippen molar-refractivity contribution >= 4 is 31.2 Å². The van der Waals surface area contributed by atoms with Gasteiger partial charge in [-0.25, -0.2) is 0 Å². The fraction of sp³-hybridized carbons (Fsp3) is 0.524. The third kappa shape index (κ3) is 2.38. The number of esters is 1. The molecule has 0 N–H and O–H groups in total. The second kappa shape index (κ2) is 6.10. The van der Waals surface area contributed by atoms with Crippen LogP contribution in [0.3, 0.4) is 0 Å². The van der Waals surface area contributed by atoms with Gasteiger partial charge in [-0.2, -0.15) is 0 Å². The summed E-state index contributed by atoms with van der Waals surface area (Å²) in [5, 5.41) is 0.888. The molecule has 1 unspecified atom stereocenters. The molecule has 0 amide bonds. The molecule has 1 aromatic carbocycles. The summed E-state index contributed by atoms with van der Waals surface area (Å²) in [4.78, 5) is 26.4. The van der Waals surface area contributed by atoms with E-state index in [0.29, 0.717) is 13.0 Å². The number of cyclic esters (lactones) is 1. The van der Waals surface area contributed by atoms with Crippen LogP contribution in [-0.4, -0.2) is 33.3 Å². The molecule has 2 fully saturated rings. The SMILES string of the molecule is C[C@H]1C=CC[C@@H]2C[C@]3(C(=O)OCC3C[Se]c3ccccc3)C(=O)[C@@]21C. The Morgan fingerprint density at radius 3 is 2.72 bits per heavy atom. The van der Waals surface area contributed by atoms with Gasteiger partial charge in [0.25, 0.3) is 0 Å². The summed E-state index contributed by atoms with van der Waals surface area (Å²) in [5.41, 5.74) is -1.31. The molecule has 1 aromatic rings. The Morgan fingerprint density at radius 1 is 1.24 bits per heavy atom. The molecular formula is C21H24O3Se.